The van der Waals surface area contributed by atoms with Crippen molar-refractivity contribution in [1.82, 2.24) is 9.55 Å². The van der Waals surface area contributed by atoms with Gasteiger partial charge in [-0.05, 0) is 68.4 Å². The number of nitrogens with zero attached hydrogens (tertiary/aromatic N) is 2. The van der Waals surface area contributed by atoms with Crippen LogP contribution < -0.4 is 10.9 Å². The van der Waals surface area contributed by atoms with Crippen LogP contribution in [0.15, 0.2) is 11.1 Å². The van der Waals surface area contributed by atoms with Crippen LogP contribution in [0.25, 0.3) is 10.2 Å². The molecule has 0 bridgehead atoms. The van der Waals surface area contributed by atoms with Gasteiger partial charge in [-0.1, -0.05) is 13.8 Å². The first-order chi connectivity index (χ1) is 16.4. The number of carbonyl (C=O) groups excluding carboxylic acids is 2. The lowest BCUT2D eigenvalue weighted by molar-refractivity contribution is -0.116. The Hall–Kier alpha value is -2.52. The van der Waals surface area contributed by atoms with Crippen LogP contribution in [-0.4, -0.2) is 28.0 Å². The van der Waals surface area contributed by atoms with Crippen molar-refractivity contribution in [2.75, 3.05) is 11.9 Å². The number of amides is 1. The molecule has 5 rings (SSSR count). The number of aryl methyl sites for hydroxylation is 1. The van der Waals surface area contributed by atoms with Crippen LogP contribution in [-0.2, 0) is 41.8 Å². The highest BCUT2D eigenvalue weighted by molar-refractivity contribution is 7.18. The molecule has 1 amide bonds. The summed E-state index contributed by atoms with van der Waals surface area (Å²) >= 11 is 3.05. The maximum atomic E-state index is 13.3. The van der Waals surface area contributed by atoms with Gasteiger partial charge in [0.15, 0.2) is 0 Å². The van der Waals surface area contributed by atoms with Gasteiger partial charge in [-0.15, -0.1) is 22.7 Å². The van der Waals surface area contributed by atoms with E-state index in [0.29, 0.717) is 27.8 Å². The van der Waals surface area contributed by atoms with Crippen molar-refractivity contribution < 1.29 is 14.3 Å². The summed E-state index contributed by atoms with van der Waals surface area (Å²) < 4.78 is 6.67. The molecule has 0 aliphatic heterocycles. The van der Waals surface area contributed by atoms with Crippen molar-refractivity contribution >= 4 is 49.8 Å². The van der Waals surface area contributed by atoms with Crippen LogP contribution in [0.3, 0.4) is 0 Å². The molecule has 0 radical (unpaired) electrons. The Labute approximate surface area is 206 Å². The zero-order chi connectivity index (χ0) is 24.0. The fraction of sp³-hybridized carbons (Fsp3) is 0.520. The van der Waals surface area contributed by atoms with E-state index in [4.69, 9.17) is 4.74 Å². The number of hydrogen-bond donors (Lipinski definition) is 1. The number of rotatable bonds is 5. The van der Waals surface area contributed by atoms with E-state index in [-0.39, 0.29) is 24.6 Å². The lowest BCUT2D eigenvalue weighted by atomic mass is 9.88. The lowest BCUT2D eigenvalue weighted by Gasteiger charge is -2.18. The Morgan fingerprint density at radius 3 is 2.50 bits per heavy atom. The van der Waals surface area contributed by atoms with Crippen molar-refractivity contribution in [3.05, 3.63) is 43.1 Å². The first kappa shape index (κ1) is 23.2. The minimum atomic E-state index is -0.399. The molecular weight excluding hydrogens is 470 g/mol. The standard InChI is InChI=1S/C25H29N3O4S2/c1-4-32-25(31)21-16-8-6-14(3)10-18(16)34-23(21)27-19(29)11-28-12-26-22-20(24(28)30)15-7-5-13(2)9-17(15)33-22/h12-14H,4-11H2,1-3H3,(H,27,29)/t13-,14+/m0/s1. The van der Waals surface area contributed by atoms with E-state index in [1.54, 1.807) is 18.3 Å². The van der Waals surface area contributed by atoms with Crippen LogP contribution in [0.5, 0.6) is 0 Å². The molecule has 0 fully saturated rings. The van der Waals surface area contributed by atoms with Crippen molar-refractivity contribution in [1.29, 1.82) is 0 Å². The predicted molar refractivity (Wildman–Crippen MR) is 135 cm³/mol. The van der Waals surface area contributed by atoms with E-state index >= 15 is 0 Å². The first-order valence-corrected chi connectivity index (χ1v) is 13.6. The SMILES string of the molecule is CCOC(=O)c1c(NC(=O)Cn2cnc3sc4c(c3c2=O)CC[C@H](C)C4)sc2c1CC[C@@H](C)C2. The molecule has 180 valence electrons. The van der Waals surface area contributed by atoms with Gasteiger partial charge in [0.2, 0.25) is 5.91 Å². The average Bonchev–Trinajstić information content (AvgIpc) is 3.32. The summed E-state index contributed by atoms with van der Waals surface area (Å²) in [5, 5.41) is 4.08. The molecule has 0 unspecified atom stereocenters. The second kappa shape index (κ2) is 9.26. The van der Waals surface area contributed by atoms with Gasteiger partial charge in [0.25, 0.3) is 5.56 Å². The van der Waals surface area contributed by atoms with Gasteiger partial charge < -0.3 is 10.1 Å². The maximum absolute atomic E-state index is 13.3. The molecule has 0 saturated carbocycles. The van der Waals surface area contributed by atoms with Crippen LogP contribution in [0.2, 0.25) is 0 Å². The second-order valence-electron chi connectivity index (χ2n) is 9.53. The summed E-state index contributed by atoms with van der Waals surface area (Å²) in [5.74, 6) is 0.407. The summed E-state index contributed by atoms with van der Waals surface area (Å²) in [4.78, 5) is 46.6. The second-order valence-corrected chi connectivity index (χ2v) is 11.7. The summed E-state index contributed by atoms with van der Waals surface area (Å²) in [6.45, 7) is 6.33. The molecule has 3 heterocycles. The lowest BCUT2D eigenvalue weighted by Crippen LogP contribution is -2.28. The Morgan fingerprint density at radius 2 is 1.79 bits per heavy atom. The molecule has 34 heavy (non-hydrogen) atoms. The number of carbonyl (C=O) groups is 2. The van der Waals surface area contributed by atoms with Gasteiger partial charge in [0.05, 0.1) is 23.9 Å². The van der Waals surface area contributed by atoms with Gasteiger partial charge in [0.1, 0.15) is 16.4 Å². The molecule has 9 heteroatoms. The predicted octanol–water partition coefficient (Wildman–Crippen LogP) is 4.58. The Balaban J connectivity index is 1.42. The van der Waals surface area contributed by atoms with Crippen LogP contribution in [0.1, 0.15) is 64.9 Å². The van der Waals surface area contributed by atoms with Crippen LogP contribution >= 0.6 is 22.7 Å². The third kappa shape index (κ3) is 4.20. The fourth-order valence-corrected chi connectivity index (χ4v) is 7.81. The Bertz CT molecular complexity index is 1340. The maximum Gasteiger partial charge on any atom is 0.341 e. The highest BCUT2D eigenvalue weighted by atomic mass is 32.1. The third-order valence-electron chi connectivity index (χ3n) is 6.84. The normalized spacial score (nSPS) is 19.5. The molecule has 7 nitrogen and oxygen atoms in total. The topological polar surface area (TPSA) is 90.3 Å². The van der Waals surface area contributed by atoms with E-state index < -0.39 is 5.97 Å². The van der Waals surface area contributed by atoms with E-state index in [2.05, 4.69) is 24.1 Å². The molecule has 3 aromatic rings. The minimum Gasteiger partial charge on any atom is -0.462 e. The number of ether oxygens (including phenoxy) is 1. The van der Waals surface area contributed by atoms with Crippen molar-refractivity contribution in [3.63, 3.8) is 0 Å². The number of aromatic nitrogens is 2. The molecular formula is C25H29N3O4S2. The zero-order valence-corrected chi connectivity index (χ0v) is 21.4. The summed E-state index contributed by atoms with van der Waals surface area (Å²) in [6.07, 6.45) is 7.09. The first-order valence-electron chi connectivity index (χ1n) is 12.0. The molecule has 0 aromatic carbocycles. The van der Waals surface area contributed by atoms with Gasteiger partial charge >= 0.3 is 5.97 Å². The van der Waals surface area contributed by atoms with Gasteiger partial charge in [-0.2, -0.15) is 0 Å². The number of hydrogen-bond acceptors (Lipinski definition) is 7. The van der Waals surface area contributed by atoms with E-state index in [0.717, 1.165) is 59.4 Å². The summed E-state index contributed by atoms with van der Waals surface area (Å²) in [6, 6.07) is 0. The molecule has 2 aliphatic carbocycles. The monoisotopic (exact) mass is 499 g/mol. The van der Waals surface area contributed by atoms with E-state index in [1.165, 1.54) is 27.1 Å². The molecule has 3 aromatic heterocycles. The minimum absolute atomic E-state index is 0.149. The Kier molecular flexibility index (Phi) is 6.33. The zero-order valence-electron chi connectivity index (χ0n) is 19.7. The highest BCUT2D eigenvalue weighted by Gasteiger charge is 2.29. The number of thiophene rings is 2. The largest absolute Gasteiger partial charge is 0.462 e. The smallest absolute Gasteiger partial charge is 0.341 e. The molecule has 1 N–H and O–H groups in total. The summed E-state index contributed by atoms with van der Waals surface area (Å²) in [7, 11) is 0. The molecule has 2 atom stereocenters. The number of anilines is 1. The molecule has 2 aliphatic rings. The number of fused-ring (bicyclic) bond motifs is 4. The van der Waals surface area contributed by atoms with Crippen LogP contribution in [0.4, 0.5) is 5.00 Å². The number of nitrogens with one attached hydrogen (secondary N) is 1. The third-order valence-corrected chi connectivity index (χ3v) is 9.17. The van der Waals surface area contributed by atoms with Gasteiger partial charge in [-0.3, -0.25) is 14.2 Å². The molecule has 0 spiro atoms. The highest BCUT2D eigenvalue weighted by Crippen LogP contribution is 2.40. The van der Waals surface area contributed by atoms with Gasteiger partial charge in [0, 0.05) is 9.75 Å². The van der Waals surface area contributed by atoms with E-state index in [1.807, 2.05) is 0 Å². The summed E-state index contributed by atoms with van der Waals surface area (Å²) in [5.41, 5.74) is 2.41. The average molecular weight is 500 g/mol. The van der Waals surface area contributed by atoms with Crippen molar-refractivity contribution in [2.24, 2.45) is 11.8 Å². The Morgan fingerprint density at radius 1 is 1.12 bits per heavy atom. The number of esters is 1. The fourth-order valence-electron chi connectivity index (χ4n) is 5.06. The van der Waals surface area contributed by atoms with Crippen molar-refractivity contribution in [3.8, 4) is 0 Å². The van der Waals surface area contributed by atoms with Crippen molar-refractivity contribution in [2.45, 2.75) is 65.8 Å². The van der Waals surface area contributed by atoms with Crippen LogP contribution in [0, 0.1) is 11.8 Å². The quantitative estimate of drug-likeness (QED) is 0.519. The van der Waals surface area contributed by atoms with E-state index in [9.17, 15) is 14.4 Å². The molecule has 0 saturated heterocycles. The van der Waals surface area contributed by atoms with Gasteiger partial charge in [-0.25, -0.2) is 9.78 Å².